The SMILES string of the molecule is CC(C)S(=O)(=O)c1ccccc1NC(=O)NC1Cc2ccccc2C1. The lowest BCUT2D eigenvalue weighted by atomic mass is 10.1. The number of nitrogens with one attached hydrogen (secondary N) is 2. The minimum absolute atomic E-state index is 0.0197. The molecule has 0 bridgehead atoms. The van der Waals surface area contributed by atoms with Crippen molar-refractivity contribution in [2.24, 2.45) is 0 Å². The van der Waals surface area contributed by atoms with Gasteiger partial charge >= 0.3 is 6.03 Å². The molecule has 0 heterocycles. The number of rotatable bonds is 4. The van der Waals surface area contributed by atoms with Gasteiger partial charge in [-0.1, -0.05) is 36.4 Å². The Morgan fingerprint density at radius 2 is 1.56 bits per heavy atom. The zero-order chi connectivity index (χ0) is 18.0. The molecule has 3 rings (SSSR count). The minimum Gasteiger partial charge on any atom is -0.334 e. The van der Waals surface area contributed by atoms with Gasteiger partial charge in [-0.3, -0.25) is 0 Å². The third-order valence-electron chi connectivity index (χ3n) is 4.45. The molecular weight excluding hydrogens is 336 g/mol. The van der Waals surface area contributed by atoms with E-state index in [0.29, 0.717) is 5.69 Å². The maximum absolute atomic E-state index is 12.5. The van der Waals surface area contributed by atoms with Crippen molar-refractivity contribution < 1.29 is 13.2 Å². The smallest absolute Gasteiger partial charge is 0.319 e. The zero-order valence-electron chi connectivity index (χ0n) is 14.3. The van der Waals surface area contributed by atoms with Gasteiger partial charge in [0.2, 0.25) is 0 Å². The Hall–Kier alpha value is -2.34. The number of sulfone groups is 1. The van der Waals surface area contributed by atoms with E-state index in [4.69, 9.17) is 0 Å². The predicted octanol–water partition coefficient (Wildman–Crippen LogP) is 3.16. The van der Waals surface area contributed by atoms with Crippen molar-refractivity contribution in [3.05, 3.63) is 59.7 Å². The van der Waals surface area contributed by atoms with Gasteiger partial charge in [0, 0.05) is 6.04 Å². The van der Waals surface area contributed by atoms with Crippen LogP contribution in [0.5, 0.6) is 0 Å². The van der Waals surface area contributed by atoms with Crippen LogP contribution < -0.4 is 10.6 Å². The maximum atomic E-state index is 12.5. The second-order valence-corrected chi connectivity index (χ2v) is 9.03. The van der Waals surface area contributed by atoms with Crippen LogP contribution in [0.2, 0.25) is 0 Å². The van der Waals surface area contributed by atoms with Crippen LogP contribution >= 0.6 is 0 Å². The molecule has 2 aromatic rings. The molecule has 0 aliphatic heterocycles. The standard InChI is InChI=1S/C19H22N2O3S/c1-13(2)25(23,24)18-10-6-5-9-17(18)21-19(22)20-16-11-14-7-3-4-8-15(14)12-16/h3-10,13,16H,11-12H2,1-2H3,(H2,20,21,22). The molecule has 0 radical (unpaired) electrons. The fourth-order valence-electron chi connectivity index (χ4n) is 3.08. The largest absolute Gasteiger partial charge is 0.334 e. The van der Waals surface area contributed by atoms with Gasteiger partial charge in [0.25, 0.3) is 0 Å². The molecule has 0 saturated heterocycles. The Morgan fingerprint density at radius 3 is 2.16 bits per heavy atom. The molecule has 2 N–H and O–H groups in total. The number of amides is 2. The zero-order valence-corrected chi connectivity index (χ0v) is 15.1. The summed E-state index contributed by atoms with van der Waals surface area (Å²) in [6, 6.07) is 14.3. The molecule has 5 nitrogen and oxygen atoms in total. The van der Waals surface area contributed by atoms with Gasteiger partial charge in [0.15, 0.2) is 9.84 Å². The van der Waals surface area contributed by atoms with Crippen LogP contribution in [-0.4, -0.2) is 25.7 Å². The molecule has 2 aromatic carbocycles. The third kappa shape index (κ3) is 3.69. The number of anilines is 1. The van der Waals surface area contributed by atoms with E-state index in [1.54, 1.807) is 32.0 Å². The molecule has 0 aromatic heterocycles. The highest BCUT2D eigenvalue weighted by molar-refractivity contribution is 7.92. The summed E-state index contributed by atoms with van der Waals surface area (Å²) in [4.78, 5) is 12.5. The number of hydrogen-bond donors (Lipinski definition) is 2. The van der Waals surface area contributed by atoms with Gasteiger partial charge in [0.05, 0.1) is 15.8 Å². The number of carbonyl (C=O) groups is 1. The highest BCUT2D eigenvalue weighted by atomic mass is 32.2. The van der Waals surface area contributed by atoms with Gasteiger partial charge in [-0.05, 0) is 49.9 Å². The number of fused-ring (bicyclic) bond motifs is 1. The molecule has 0 unspecified atom stereocenters. The first-order valence-corrected chi connectivity index (χ1v) is 9.90. The highest BCUT2D eigenvalue weighted by Crippen LogP contribution is 2.25. The number of urea groups is 1. The summed E-state index contributed by atoms with van der Waals surface area (Å²) in [5, 5.41) is 5.08. The van der Waals surface area contributed by atoms with Crippen LogP contribution in [0.15, 0.2) is 53.4 Å². The van der Waals surface area contributed by atoms with E-state index in [1.807, 2.05) is 12.1 Å². The molecular formula is C19H22N2O3S. The van der Waals surface area contributed by atoms with Gasteiger partial charge < -0.3 is 10.6 Å². The summed E-state index contributed by atoms with van der Waals surface area (Å²) in [5.41, 5.74) is 2.80. The summed E-state index contributed by atoms with van der Waals surface area (Å²) < 4.78 is 24.9. The summed E-state index contributed by atoms with van der Waals surface area (Å²) in [5.74, 6) is 0. The maximum Gasteiger partial charge on any atom is 0.319 e. The van der Waals surface area contributed by atoms with Crippen molar-refractivity contribution in [2.75, 3.05) is 5.32 Å². The van der Waals surface area contributed by atoms with Crippen LogP contribution in [0, 0.1) is 0 Å². The van der Waals surface area contributed by atoms with Crippen LogP contribution in [0.4, 0.5) is 10.5 Å². The van der Waals surface area contributed by atoms with E-state index in [2.05, 4.69) is 22.8 Å². The predicted molar refractivity (Wildman–Crippen MR) is 98.6 cm³/mol. The molecule has 0 atom stereocenters. The van der Waals surface area contributed by atoms with Crippen LogP contribution in [0.3, 0.4) is 0 Å². The molecule has 1 aliphatic rings. The lowest BCUT2D eigenvalue weighted by Gasteiger charge is -2.16. The van der Waals surface area contributed by atoms with Crippen molar-refractivity contribution in [1.82, 2.24) is 5.32 Å². The van der Waals surface area contributed by atoms with Gasteiger partial charge in [-0.2, -0.15) is 0 Å². The summed E-state index contributed by atoms with van der Waals surface area (Å²) in [7, 11) is -3.47. The van der Waals surface area contributed by atoms with Gasteiger partial charge in [-0.25, -0.2) is 13.2 Å². The van der Waals surface area contributed by atoms with Gasteiger partial charge in [-0.15, -0.1) is 0 Å². The summed E-state index contributed by atoms with van der Waals surface area (Å²) >= 11 is 0. The van der Waals surface area contributed by atoms with Crippen LogP contribution in [-0.2, 0) is 22.7 Å². The monoisotopic (exact) mass is 358 g/mol. The average molecular weight is 358 g/mol. The number of hydrogen-bond acceptors (Lipinski definition) is 3. The fraction of sp³-hybridized carbons (Fsp3) is 0.316. The summed E-state index contributed by atoms with van der Waals surface area (Å²) in [6.07, 6.45) is 1.57. The van der Waals surface area contributed by atoms with E-state index < -0.39 is 15.1 Å². The topological polar surface area (TPSA) is 75.3 Å². The second kappa shape index (κ2) is 6.88. The first-order chi connectivity index (χ1) is 11.9. The van der Waals surface area contributed by atoms with E-state index >= 15 is 0 Å². The van der Waals surface area contributed by atoms with Crippen LogP contribution in [0.1, 0.15) is 25.0 Å². The minimum atomic E-state index is -3.47. The van der Waals surface area contributed by atoms with Crippen molar-refractivity contribution in [3.8, 4) is 0 Å². The number of para-hydroxylation sites is 1. The van der Waals surface area contributed by atoms with Crippen molar-refractivity contribution in [2.45, 2.75) is 42.9 Å². The molecule has 0 saturated carbocycles. The molecule has 2 amide bonds. The Balaban J connectivity index is 1.71. The van der Waals surface area contributed by atoms with E-state index in [9.17, 15) is 13.2 Å². The summed E-state index contributed by atoms with van der Waals surface area (Å²) in [6.45, 7) is 3.25. The third-order valence-corrected chi connectivity index (χ3v) is 6.66. The Bertz CT molecular complexity index is 866. The van der Waals surface area contributed by atoms with Crippen molar-refractivity contribution in [3.63, 3.8) is 0 Å². The molecule has 25 heavy (non-hydrogen) atoms. The first kappa shape index (κ1) is 17.5. The van der Waals surface area contributed by atoms with Gasteiger partial charge in [0.1, 0.15) is 0 Å². The average Bonchev–Trinajstić information content (AvgIpc) is 2.97. The lowest BCUT2D eigenvalue weighted by molar-refractivity contribution is 0.248. The van der Waals surface area contributed by atoms with E-state index in [-0.39, 0.29) is 17.0 Å². The first-order valence-electron chi connectivity index (χ1n) is 8.35. The molecule has 0 spiro atoms. The number of benzene rings is 2. The molecule has 1 aliphatic carbocycles. The van der Waals surface area contributed by atoms with Crippen molar-refractivity contribution >= 4 is 21.6 Å². The normalized spacial score (nSPS) is 14.4. The second-order valence-electron chi connectivity index (χ2n) is 6.56. The van der Waals surface area contributed by atoms with Crippen LogP contribution in [0.25, 0.3) is 0 Å². The highest BCUT2D eigenvalue weighted by Gasteiger charge is 2.25. The van der Waals surface area contributed by atoms with E-state index in [1.165, 1.54) is 17.2 Å². The Labute approximate surface area is 148 Å². The molecule has 0 fully saturated rings. The van der Waals surface area contributed by atoms with E-state index in [0.717, 1.165) is 12.8 Å². The molecule has 132 valence electrons. The number of carbonyl (C=O) groups excluding carboxylic acids is 1. The Morgan fingerprint density at radius 1 is 1.00 bits per heavy atom. The van der Waals surface area contributed by atoms with Crippen molar-refractivity contribution in [1.29, 1.82) is 0 Å². The quantitative estimate of drug-likeness (QED) is 0.881. The Kier molecular flexibility index (Phi) is 4.81. The fourth-order valence-corrected chi connectivity index (χ4v) is 4.28. The molecule has 6 heteroatoms. The lowest BCUT2D eigenvalue weighted by Crippen LogP contribution is -2.38.